The number of hydrogen-bond acceptors (Lipinski definition) is 1. The van der Waals surface area contributed by atoms with Gasteiger partial charge in [-0.2, -0.15) is 0 Å². The predicted molar refractivity (Wildman–Crippen MR) is 73.1 cm³/mol. The summed E-state index contributed by atoms with van der Waals surface area (Å²) in [6.45, 7) is 2.51. The largest absolute Gasteiger partial charge is 0.122 e. The van der Waals surface area contributed by atoms with E-state index in [0.29, 0.717) is 0 Å². The topological polar surface area (TPSA) is 0 Å². The first-order chi connectivity index (χ1) is 8.33. The van der Waals surface area contributed by atoms with Gasteiger partial charge in [-0.05, 0) is 61.0 Å². The molecule has 1 heteroatoms. The van der Waals surface area contributed by atoms with Crippen LogP contribution in [0.5, 0.6) is 0 Å². The van der Waals surface area contributed by atoms with Crippen molar-refractivity contribution in [3.63, 3.8) is 0 Å². The smallest absolute Gasteiger partial charge is 0.0154 e. The van der Waals surface area contributed by atoms with Crippen LogP contribution >= 0.6 is 11.8 Å². The van der Waals surface area contributed by atoms with Gasteiger partial charge in [-0.15, -0.1) is 11.8 Å². The fourth-order valence-corrected chi connectivity index (χ4v) is 6.38. The summed E-state index contributed by atoms with van der Waals surface area (Å²) in [4.78, 5) is 1.49. The standard InChI is InChI=1S/C16H20S/c1-10-11-7-12-9-14(10)15(8-11)16(12)17-13-5-3-2-4-6-13/h2-6,10-12,14-16H,7-9H2,1H3. The average molecular weight is 244 g/mol. The highest BCUT2D eigenvalue weighted by atomic mass is 32.2. The van der Waals surface area contributed by atoms with Crippen molar-refractivity contribution in [2.75, 3.05) is 0 Å². The number of rotatable bonds is 2. The molecule has 17 heavy (non-hydrogen) atoms. The highest BCUT2D eigenvalue weighted by Gasteiger charge is 2.57. The molecule has 0 aliphatic heterocycles. The predicted octanol–water partition coefficient (Wildman–Crippen LogP) is 4.46. The van der Waals surface area contributed by atoms with Crippen LogP contribution < -0.4 is 0 Å². The van der Waals surface area contributed by atoms with E-state index in [9.17, 15) is 0 Å². The van der Waals surface area contributed by atoms with Gasteiger partial charge in [-0.1, -0.05) is 25.1 Å². The van der Waals surface area contributed by atoms with Crippen molar-refractivity contribution < 1.29 is 0 Å². The molecule has 4 fully saturated rings. The molecule has 0 aromatic heterocycles. The van der Waals surface area contributed by atoms with Crippen molar-refractivity contribution in [1.29, 1.82) is 0 Å². The Morgan fingerprint density at radius 3 is 2.53 bits per heavy atom. The summed E-state index contributed by atoms with van der Waals surface area (Å²) in [7, 11) is 0. The quantitative estimate of drug-likeness (QED) is 0.740. The van der Waals surface area contributed by atoms with Crippen molar-refractivity contribution in [2.45, 2.75) is 36.3 Å². The lowest BCUT2D eigenvalue weighted by Crippen LogP contribution is -2.26. The number of thioether (sulfide) groups is 1. The molecule has 1 aromatic carbocycles. The Balaban J connectivity index is 1.57. The Morgan fingerprint density at radius 2 is 1.71 bits per heavy atom. The molecular formula is C16H20S. The Morgan fingerprint density at radius 1 is 0.941 bits per heavy atom. The van der Waals surface area contributed by atoms with Gasteiger partial charge in [-0.3, -0.25) is 0 Å². The molecule has 1 aromatic rings. The van der Waals surface area contributed by atoms with Crippen LogP contribution in [0.3, 0.4) is 0 Å². The molecule has 0 saturated heterocycles. The van der Waals surface area contributed by atoms with Gasteiger partial charge in [0.2, 0.25) is 0 Å². The highest BCUT2D eigenvalue weighted by Crippen LogP contribution is 2.64. The first kappa shape index (κ1) is 10.5. The second kappa shape index (κ2) is 3.78. The van der Waals surface area contributed by atoms with Gasteiger partial charge in [0.1, 0.15) is 0 Å². The molecule has 4 aliphatic carbocycles. The first-order valence-electron chi connectivity index (χ1n) is 7.04. The van der Waals surface area contributed by atoms with Crippen LogP contribution in [0, 0.1) is 29.6 Å². The summed E-state index contributed by atoms with van der Waals surface area (Å²) in [6.07, 6.45) is 4.60. The van der Waals surface area contributed by atoms with E-state index >= 15 is 0 Å². The van der Waals surface area contributed by atoms with Crippen molar-refractivity contribution in [1.82, 2.24) is 0 Å². The first-order valence-corrected chi connectivity index (χ1v) is 7.92. The average Bonchev–Trinajstić information content (AvgIpc) is 2.71. The minimum atomic E-state index is 0.934. The molecule has 0 spiro atoms. The SMILES string of the molecule is CC1C2CC3CC1C(C2)C3Sc1ccccc1. The molecule has 0 N–H and O–H groups in total. The second-order valence-corrected chi connectivity index (χ2v) is 7.56. The molecule has 5 rings (SSSR count). The molecule has 0 radical (unpaired) electrons. The van der Waals surface area contributed by atoms with Gasteiger partial charge in [0.15, 0.2) is 0 Å². The van der Waals surface area contributed by atoms with E-state index in [1.807, 2.05) is 0 Å². The number of hydrogen-bond donors (Lipinski definition) is 0. The van der Waals surface area contributed by atoms with E-state index in [0.717, 1.165) is 34.8 Å². The fourth-order valence-electron chi connectivity index (χ4n) is 4.85. The van der Waals surface area contributed by atoms with Gasteiger partial charge < -0.3 is 0 Å². The normalized spacial score (nSPS) is 46.6. The molecule has 6 atom stereocenters. The van der Waals surface area contributed by atoms with E-state index in [1.54, 1.807) is 0 Å². The monoisotopic (exact) mass is 244 g/mol. The van der Waals surface area contributed by atoms with Gasteiger partial charge in [-0.25, -0.2) is 0 Å². The molecular weight excluding hydrogens is 224 g/mol. The molecule has 0 amide bonds. The molecule has 4 aliphatic rings. The van der Waals surface area contributed by atoms with Gasteiger partial charge in [0.25, 0.3) is 0 Å². The summed E-state index contributed by atoms with van der Waals surface area (Å²) >= 11 is 2.18. The molecule has 6 unspecified atom stereocenters. The lowest BCUT2D eigenvalue weighted by Gasteiger charge is -2.33. The van der Waals surface area contributed by atoms with E-state index < -0.39 is 0 Å². The lowest BCUT2D eigenvalue weighted by atomic mass is 9.76. The van der Waals surface area contributed by atoms with Crippen molar-refractivity contribution in [3.8, 4) is 0 Å². The minimum absolute atomic E-state index is 0.934. The third-order valence-electron chi connectivity index (χ3n) is 5.63. The zero-order valence-electron chi connectivity index (χ0n) is 10.4. The van der Waals surface area contributed by atoms with Crippen LogP contribution in [0.4, 0.5) is 0 Å². The maximum absolute atomic E-state index is 2.51. The molecule has 0 nitrogen and oxygen atoms in total. The molecule has 90 valence electrons. The van der Waals surface area contributed by atoms with E-state index in [1.165, 1.54) is 24.2 Å². The maximum Gasteiger partial charge on any atom is 0.0154 e. The van der Waals surface area contributed by atoms with Crippen LogP contribution in [0.2, 0.25) is 0 Å². The third kappa shape index (κ3) is 1.51. The minimum Gasteiger partial charge on any atom is -0.122 e. The second-order valence-electron chi connectivity index (χ2n) is 6.31. The van der Waals surface area contributed by atoms with Crippen molar-refractivity contribution in [2.24, 2.45) is 29.6 Å². The van der Waals surface area contributed by atoms with Crippen molar-refractivity contribution >= 4 is 11.8 Å². The zero-order valence-corrected chi connectivity index (χ0v) is 11.2. The van der Waals surface area contributed by atoms with E-state index in [-0.39, 0.29) is 0 Å². The summed E-state index contributed by atoms with van der Waals surface area (Å²) < 4.78 is 0. The van der Waals surface area contributed by atoms with Crippen LogP contribution in [-0.2, 0) is 0 Å². The van der Waals surface area contributed by atoms with Gasteiger partial charge >= 0.3 is 0 Å². The van der Waals surface area contributed by atoms with E-state index in [2.05, 4.69) is 49.0 Å². The Hall–Kier alpha value is -0.430. The summed E-state index contributed by atoms with van der Waals surface area (Å²) in [5.41, 5.74) is 0. The van der Waals surface area contributed by atoms with E-state index in [4.69, 9.17) is 0 Å². The molecule has 0 heterocycles. The third-order valence-corrected chi connectivity index (χ3v) is 7.18. The van der Waals surface area contributed by atoms with Crippen LogP contribution in [0.1, 0.15) is 26.2 Å². The summed E-state index contributed by atoms with van der Waals surface area (Å²) in [5, 5.41) is 0.934. The summed E-state index contributed by atoms with van der Waals surface area (Å²) in [5.74, 6) is 5.25. The fraction of sp³-hybridized carbons (Fsp3) is 0.625. The van der Waals surface area contributed by atoms with Crippen LogP contribution in [0.15, 0.2) is 35.2 Å². The Labute approximate surface area is 108 Å². The Bertz CT molecular complexity index is 409. The maximum atomic E-state index is 2.51. The molecule has 4 saturated carbocycles. The van der Waals surface area contributed by atoms with Gasteiger partial charge in [0, 0.05) is 10.1 Å². The lowest BCUT2D eigenvalue weighted by molar-refractivity contribution is 0.214. The Kier molecular flexibility index (Phi) is 2.33. The zero-order chi connectivity index (χ0) is 11.4. The van der Waals surface area contributed by atoms with Crippen LogP contribution in [-0.4, -0.2) is 5.25 Å². The number of benzene rings is 1. The summed E-state index contributed by atoms with van der Waals surface area (Å²) in [6, 6.07) is 11.0. The van der Waals surface area contributed by atoms with Crippen LogP contribution in [0.25, 0.3) is 0 Å². The molecule has 4 bridgehead atoms. The highest BCUT2D eigenvalue weighted by molar-refractivity contribution is 8.00. The van der Waals surface area contributed by atoms with Gasteiger partial charge in [0.05, 0.1) is 0 Å². The van der Waals surface area contributed by atoms with Crippen molar-refractivity contribution in [3.05, 3.63) is 30.3 Å².